The lowest BCUT2D eigenvalue weighted by Crippen LogP contribution is -2.31. The Kier molecular flexibility index (Phi) is 6.72. The van der Waals surface area contributed by atoms with Gasteiger partial charge in [0.15, 0.2) is 0 Å². The van der Waals surface area contributed by atoms with Gasteiger partial charge in [0, 0.05) is 25.5 Å². The number of methoxy groups -OCH3 is 2. The molecule has 0 spiro atoms. The summed E-state index contributed by atoms with van der Waals surface area (Å²) in [6.45, 7) is 0. The van der Waals surface area contributed by atoms with Crippen LogP contribution in [0.5, 0.6) is 11.5 Å². The van der Waals surface area contributed by atoms with Crippen LogP contribution < -0.4 is 14.2 Å². The molecule has 0 unspecified atom stereocenters. The minimum absolute atomic E-state index is 0.300. The number of ether oxygens (including phenoxy) is 2. The van der Waals surface area contributed by atoms with Gasteiger partial charge in [-0.1, -0.05) is 11.6 Å². The molecule has 3 aromatic rings. The van der Waals surface area contributed by atoms with Crippen LogP contribution in [-0.4, -0.2) is 32.2 Å². The summed E-state index contributed by atoms with van der Waals surface area (Å²) in [5, 5.41) is -0.602. The van der Waals surface area contributed by atoms with Gasteiger partial charge in [-0.25, -0.2) is 13.4 Å². The zero-order valence-electron chi connectivity index (χ0n) is 17.1. The van der Waals surface area contributed by atoms with E-state index >= 15 is 0 Å². The molecule has 1 N–H and O–H groups in total. The Labute approximate surface area is 187 Å². The van der Waals surface area contributed by atoms with E-state index in [1.54, 1.807) is 36.0 Å². The number of nitrogens with zero attached hydrogens (tertiary/aromatic N) is 2. The van der Waals surface area contributed by atoms with Crippen molar-refractivity contribution in [3.63, 3.8) is 0 Å². The minimum Gasteiger partial charge on any atom is -0.497 e. The summed E-state index contributed by atoms with van der Waals surface area (Å²) in [6.07, 6.45) is -1.74. The molecule has 0 saturated heterocycles. The average Bonchev–Trinajstić information content (AvgIpc) is 3.16. The summed E-state index contributed by atoms with van der Waals surface area (Å²) in [5.41, 5.74) is -0.845. The summed E-state index contributed by atoms with van der Waals surface area (Å²) in [5.74, 6) is 1.08. The quantitative estimate of drug-likeness (QED) is 0.538. The smallest absolute Gasteiger partial charge is 0.417 e. The first-order valence-corrected chi connectivity index (χ1v) is 10.9. The van der Waals surface area contributed by atoms with Gasteiger partial charge in [-0.15, -0.1) is 0 Å². The molecule has 1 aromatic heterocycles. The number of hydrogen-bond acceptors (Lipinski definition) is 5. The van der Waals surface area contributed by atoms with E-state index in [0.29, 0.717) is 29.0 Å². The van der Waals surface area contributed by atoms with Crippen LogP contribution in [-0.2, 0) is 23.2 Å². The Bertz CT molecular complexity index is 1210. The first kappa shape index (κ1) is 23.9. The molecule has 0 amide bonds. The lowest BCUT2D eigenvalue weighted by molar-refractivity contribution is -0.137. The maximum absolute atomic E-state index is 13.2. The van der Waals surface area contributed by atoms with Crippen molar-refractivity contribution in [2.24, 2.45) is 7.05 Å². The number of rotatable bonds is 7. The van der Waals surface area contributed by atoms with E-state index in [9.17, 15) is 21.6 Å². The summed E-state index contributed by atoms with van der Waals surface area (Å²) < 4.78 is 80.5. The van der Waals surface area contributed by atoms with Crippen LogP contribution in [0.2, 0.25) is 5.02 Å². The third-order valence-electron chi connectivity index (χ3n) is 4.65. The molecule has 0 aliphatic rings. The molecule has 3 rings (SSSR count). The third-order valence-corrected chi connectivity index (χ3v) is 6.40. The second-order valence-corrected chi connectivity index (χ2v) is 8.86. The highest BCUT2D eigenvalue weighted by molar-refractivity contribution is 7.89. The largest absolute Gasteiger partial charge is 0.497 e. The molecular weight excluding hydrogens is 471 g/mol. The molecule has 0 fully saturated rings. The number of aromatic nitrogens is 2. The van der Waals surface area contributed by atoms with E-state index in [4.69, 9.17) is 21.1 Å². The van der Waals surface area contributed by atoms with Crippen molar-refractivity contribution < 1.29 is 31.1 Å². The molecule has 2 aromatic carbocycles. The number of aryl methyl sites for hydroxylation is 1. The number of sulfonamides is 1. The fourth-order valence-corrected chi connectivity index (χ4v) is 4.47. The number of halogens is 4. The maximum atomic E-state index is 13.2. The Morgan fingerprint density at radius 2 is 1.72 bits per heavy atom. The highest BCUT2D eigenvalue weighted by Gasteiger charge is 2.35. The molecule has 0 saturated carbocycles. The van der Waals surface area contributed by atoms with Gasteiger partial charge in [0.05, 0.1) is 29.7 Å². The molecule has 1 heterocycles. The van der Waals surface area contributed by atoms with Crippen molar-refractivity contribution in [2.45, 2.75) is 17.1 Å². The van der Waals surface area contributed by atoms with Crippen molar-refractivity contribution in [2.75, 3.05) is 14.2 Å². The standard InChI is InChI=1S/C20H19ClF3N3O4S/c1-27-7-6-25-19(27)18(12-8-13(30-2)10-14(9-12)31-3)26-32(28,29)15-4-5-17(21)16(11-15)20(22,23)24/h4-11,18,26H,1-3H3/t18-/m1/s1. The van der Waals surface area contributed by atoms with Crippen LogP contribution in [0.4, 0.5) is 13.2 Å². The molecule has 0 radical (unpaired) electrons. The van der Waals surface area contributed by atoms with E-state index in [1.807, 2.05) is 0 Å². The summed E-state index contributed by atoms with van der Waals surface area (Å²) in [4.78, 5) is 3.61. The number of nitrogens with one attached hydrogen (secondary N) is 1. The topological polar surface area (TPSA) is 82.4 Å². The zero-order chi connectivity index (χ0) is 23.7. The van der Waals surface area contributed by atoms with Crippen molar-refractivity contribution >= 4 is 21.6 Å². The lowest BCUT2D eigenvalue weighted by atomic mass is 10.1. The van der Waals surface area contributed by atoms with Crippen molar-refractivity contribution in [3.05, 3.63) is 70.8 Å². The second kappa shape index (κ2) is 9.00. The van der Waals surface area contributed by atoms with Gasteiger partial charge >= 0.3 is 6.18 Å². The Morgan fingerprint density at radius 1 is 1.09 bits per heavy atom. The molecule has 0 aliphatic heterocycles. The SMILES string of the molecule is COc1cc(OC)cc([C@@H](NS(=O)(=O)c2ccc(Cl)c(C(F)(F)F)c2)c2nccn2C)c1. The molecule has 0 aliphatic carbocycles. The van der Waals surface area contributed by atoms with Crippen LogP contribution in [0.1, 0.15) is 23.0 Å². The fraction of sp³-hybridized carbons (Fsp3) is 0.250. The minimum atomic E-state index is -4.82. The number of alkyl halides is 3. The summed E-state index contributed by atoms with van der Waals surface area (Å²) >= 11 is 5.62. The molecule has 7 nitrogen and oxygen atoms in total. The third kappa shape index (κ3) is 5.00. The monoisotopic (exact) mass is 489 g/mol. The molecule has 32 heavy (non-hydrogen) atoms. The highest BCUT2D eigenvalue weighted by Crippen LogP contribution is 2.36. The first-order valence-electron chi connectivity index (χ1n) is 9.05. The lowest BCUT2D eigenvalue weighted by Gasteiger charge is -2.21. The predicted octanol–water partition coefficient (Wildman–Crippen LogP) is 4.18. The zero-order valence-corrected chi connectivity index (χ0v) is 18.7. The molecule has 12 heteroatoms. The fourth-order valence-electron chi connectivity index (χ4n) is 3.03. The number of hydrogen-bond donors (Lipinski definition) is 1. The van der Waals surface area contributed by atoms with Gasteiger partial charge in [0.2, 0.25) is 10.0 Å². The van der Waals surface area contributed by atoms with Gasteiger partial charge in [0.1, 0.15) is 23.4 Å². The predicted molar refractivity (Wildman–Crippen MR) is 111 cm³/mol. The Morgan fingerprint density at radius 3 is 2.22 bits per heavy atom. The normalized spacial score (nSPS) is 13.1. The molecular formula is C20H19ClF3N3O4S. The molecule has 0 bridgehead atoms. The van der Waals surface area contributed by atoms with E-state index < -0.39 is 37.7 Å². The summed E-state index contributed by atoms with van der Waals surface area (Å²) in [7, 11) is 0.0959. The second-order valence-electron chi connectivity index (χ2n) is 6.74. The molecule has 1 atom stereocenters. The van der Waals surface area contributed by atoms with Gasteiger partial charge in [-0.05, 0) is 35.9 Å². The van der Waals surface area contributed by atoms with Crippen molar-refractivity contribution in [3.8, 4) is 11.5 Å². The maximum Gasteiger partial charge on any atom is 0.417 e. The summed E-state index contributed by atoms with van der Waals surface area (Å²) in [6, 6.07) is 6.08. The van der Waals surface area contributed by atoms with Gasteiger partial charge in [0.25, 0.3) is 0 Å². The Balaban J connectivity index is 2.12. The average molecular weight is 490 g/mol. The van der Waals surface area contributed by atoms with Gasteiger partial charge in [-0.3, -0.25) is 0 Å². The molecule has 172 valence electrons. The van der Waals surface area contributed by atoms with Crippen LogP contribution in [0, 0.1) is 0 Å². The highest BCUT2D eigenvalue weighted by atomic mass is 35.5. The number of imidazole rings is 1. The van der Waals surface area contributed by atoms with Crippen molar-refractivity contribution in [1.29, 1.82) is 0 Å². The number of benzene rings is 2. The van der Waals surface area contributed by atoms with E-state index in [-0.39, 0.29) is 0 Å². The van der Waals surface area contributed by atoms with Crippen LogP contribution >= 0.6 is 11.6 Å². The van der Waals surface area contributed by atoms with Crippen LogP contribution in [0.25, 0.3) is 0 Å². The van der Waals surface area contributed by atoms with Gasteiger partial charge < -0.3 is 14.0 Å². The van der Waals surface area contributed by atoms with E-state index in [2.05, 4.69) is 9.71 Å². The van der Waals surface area contributed by atoms with Crippen molar-refractivity contribution in [1.82, 2.24) is 14.3 Å². The van der Waals surface area contributed by atoms with Crippen LogP contribution in [0.15, 0.2) is 53.7 Å². The first-order chi connectivity index (χ1) is 15.0. The Hall–Kier alpha value is -2.76. The van der Waals surface area contributed by atoms with E-state index in [1.165, 1.54) is 20.4 Å². The van der Waals surface area contributed by atoms with Crippen LogP contribution in [0.3, 0.4) is 0 Å². The van der Waals surface area contributed by atoms with E-state index in [0.717, 1.165) is 12.1 Å². The van der Waals surface area contributed by atoms with Gasteiger partial charge in [-0.2, -0.15) is 17.9 Å².